The molecule has 0 spiro atoms. The predicted octanol–water partition coefficient (Wildman–Crippen LogP) is 9.64. The number of hydrogen-bond donors (Lipinski definition) is 1. The average Bonchev–Trinajstić information content (AvgIpc) is 2.73. The lowest BCUT2D eigenvalue weighted by molar-refractivity contribution is 0.0510. The summed E-state index contributed by atoms with van der Waals surface area (Å²) in [7, 11) is 0. The van der Waals surface area contributed by atoms with Crippen LogP contribution in [0.1, 0.15) is 148 Å². The molecule has 0 fully saturated rings. The van der Waals surface area contributed by atoms with Crippen LogP contribution in [0.2, 0.25) is 0 Å². The summed E-state index contributed by atoms with van der Waals surface area (Å²) in [5.74, 6) is 1.40. The smallest absolute Gasteiger partial charge is 0.127 e. The van der Waals surface area contributed by atoms with Gasteiger partial charge < -0.3 is 9.84 Å². The number of hydrogen-bond acceptors (Lipinski definition) is 2. The summed E-state index contributed by atoms with van der Waals surface area (Å²) in [4.78, 5) is 0. The van der Waals surface area contributed by atoms with Gasteiger partial charge >= 0.3 is 0 Å². The molecule has 1 N–H and O–H groups in total. The third-order valence-electron chi connectivity index (χ3n) is 7.29. The van der Waals surface area contributed by atoms with Crippen molar-refractivity contribution in [1.82, 2.24) is 0 Å². The molecule has 32 heavy (non-hydrogen) atoms. The molecule has 184 valence electrons. The topological polar surface area (TPSA) is 29.5 Å². The van der Waals surface area contributed by atoms with Crippen molar-refractivity contribution in [2.24, 2.45) is 0 Å². The molecular formula is C30H52O2. The van der Waals surface area contributed by atoms with E-state index in [1.807, 2.05) is 12.1 Å². The van der Waals surface area contributed by atoms with Gasteiger partial charge in [-0.05, 0) is 55.7 Å². The van der Waals surface area contributed by atoms with Crippen LogP contribution >= 0.6 is 0 Å². The van der Waals surface area contributed by atoms with Crippen molar-refractivity contribution in [3.8, 4) is 11.5 Å². The number of rotatable bonds is 15. The van der Waals surface area contributed by atoms with Crippen molar-refractivity contribution in [2.45, 2.75) is 155 Å². The van der Waals surface area contributed by atoms with Crippen LogP contribution in [-0.2, 0) is 11.8 Å². The highest BCUT2D eigenvalue weighted by molar-refractivity contribution is 5.51. The van der Waals surface area contributed by atoms with Gasteiger partial charge in [-0.25, -0.2) is 0 Å². The average molecular weight is 445 g/mol. The number of fused-ring (bicyclic) bond motifs is 1. The number of phenols is 1. The normalized spacial score (nSPS) is 18.4. The summed E-state index contributed by atoms with van der Waals surface area (Å²) < 4.78 is 6.63. The van der Waals surface area contributed by atoms with Gasteiger partial charge in [0.1, 0.15) is 17.1 Å². The van der Waals surface area contributed by atoms with E-state index in [1.54, 1.807) is 0 Å². The molecule has 1 heterocycles. The Kier molecular flexibility index (Phi) is 11.4. The second-order valence-electron chi connectivity index (χ2n) is 11.6. The first-order chi connectivity index (χ1) is 15.2. The summed E-state index contributed by atoms with van der Waals surface area (Å²) >= 11 is 0. The van der Waals surface area contributed by atoms with E-state index >= 15 is 0 Å². The van der Waals surface area contributed by atoms with Crippen molar-refractivity contribution in [2.75, 3.05) is 0 Å². The molecule has 0 amide bonds. The van der Waals surface area contributed by atoms with E-state index < -0.39 is 0 Å². The lowest BCUT2D eigenvalue weighted by Gasteiger charge is -2.39. The quantitative estimate of drug-likeness (QED) is 0.273. The van der Waals surface area contributed by atoms with Crippen molar-refractivity contribution < 1.29 is 9.84 Å². The monoisotopic (exact) mass is 444 g/mol. The molecule has 2 nitrogen and oxygen atoms in total. The first-order valence-electron chi connectivity index (χ1n) is 13.8. The van der Waals surface area contributed by atoms with E-state index in [4.69, 9.17) is 4.74 Å². The molecule has 1 aromatic carbocycles. The first kappa shape index (κ1) is 27.1. The largest absolute Gasteiger partial charge is 0.508 e. The van der Waals surface area contributed by atoms with Crippen LogP contribution < -0.4 is 4.74 Å². The number of ether oxygens (including phenoxy) is 1. The summed E-state index contributed by atoms with van der Waals surface area (Å²) in [6.45, 7) is 11.2. The van der Waals surface area contributed by atoms with Crippen LogP contribution in [-0.4, -0.2) is 10.7 Å². The fourth-order valence-corrected chi connectivity index (χ4v) is 5.10. The second kappa shape index (κ2) is 13.5. The Morgan fingerprint density at radius 1 is 0.812 bits per heavy atom. The molecular weight excluding hydrogens is 392 g/mol. The molecule has 0 aromatic heterocycles. The maximum atomic E-state index is 10.2. The summed E-state index contributed by atoms with van der Waals surface area (Å²) in [5, 5.41) is 10.2. The molecule has 1 atom stereocenters. The molecule has 1 aliphatic heterocycles. The zero-order valence-corrected chi connectivity index (χ0v) is 22.0. The SMILES string of the molecule is CCCCCCCCCCCCCCCCC1(C)CCc2cc(O)cc(C(C)(C)C)c2O1. The zero-order valence-electron chi connectivity index (χ0n) is 22.0. The first-order valence-corrected chi connectivity index (χ1v) is 13.8. The van der Waals surface area contributed by atoms with Crippen LogP contribution in [0, 0.1) is 0 Å². The van der Waals surface area contributed by atoms with Gasteiger partial charge in [-0.1, -0.05) is 111 Å². The molecule has 0 saturated carbocycles. The van der Waals surface area contributed by atoms with Gasteiger partial charge in [0.25, 0.3) is 0 Å². The molecule has 0 aliphatic carbocycles. The standard InChI is InChI=1S/C30H52O2/c1-6-7-8-9-10-11-12-13-14-15-16-17-18-19-21-30(5)22-20-25-23-26(31)24-27(28(25)32-30)29(2,3)4/h23-24,31H,6-22H2,1-5H3. The Morgan fingerprint density at radius 2 is 1.31 bits per heavy atom. The minimum atomic E-state index is -0.0684. The minimum absolute atomic E-state index is 0.0316. The predicted molar refractivity (Wildman–Crippen MR) is 139 cm³/mol. The molecule has 2 rings (SSSR count). The van der Waals surface area contributed by atoms with E-state index in [0.29, 0.717) is 5.75 Å². The van der Waals surface area contributed by atoms with E-state index in [9.17, 15) is 5.11 Å². The summed E-state index contributed by atoms with van der Waals surface area (Å²) in [6, 6.07) is 3.80. The van der Waals surface area contributed by atoms with Crippen LogP contribution in [0.3, 0.4) is 0 Å². The Bertz CT molecular complexity index is 658. The number of benzene rings is 1. The molecule has 1 aliphatic rings. The van der Waals surface area contributed by atoms with Crippen LogP contribution in [0.4, 0.5) is 0 Å². The number of unbranched alkanes of at least 4 members (excludes halogenated alkanes) is 13. The third kappa shape index (κ3) is 9.36. The van der Waals surface area contributed by atoms with Gasteiger partial charge in [-0.15, -0.1) is 0 Å². The van der Waals surface area contributed by atoms with E-state index in [0.717, 1.165) is 30.6 Å². The van der Waals surface area contributed by atoms with Gasteiger partial charge in [0.05, 0.1) is 0 Å². The Hall–Kier alpha value is -1.18. The fourth-order valence-electron chi connectivity index (χ4n) is 5.10. The van der Waals surface area contributed by atoms with Crippen LogP contribution in [0.15, 0.2) is 12.1 Å². The Morgan fingerprint density at radius 3 is 1.81 bits per heavy atom. The highest BCUT2D eigenvalue weighted by Gasteiger charge is 2.34. The maximum absolute atomic E-state index is 10.2. The molecule has 0 saturated heterocycles. The van der Waals surface area contributed by atoms with Gasteiger partial charge in [0, 0.05) is 5.56 Å². The number of aromatic hydroxyl groups is 1. The minimum Gasteiger partial charge on any atom is -0.508 e. The Balaban J connectivity index is 1.60. The lowest BCUT2D eigenvalue weighted by Crippen LogP contribution is -2.37. The number of aryl methyl sites for hydroxylation is 1. The highest BCUT2D eigenvalue weighted by atomic mass is 16.5. The molecule has 0 radical (unpaired) electrons. The van der Waals surface area contributed by atoms with Gasteiger partial charge in [0.2, 0.25) is 0 Å². The fraction of sp³-hybridized carbons (Fsp3) is 0.800. The molecule has 1 aromatic rings. The molecule has 2 heteroatoms. The second-order valence-corrected chi connectivity index (χ2v) is 11.6. The summed E-state index contributed by atoms with van der Waals surface area (Å²) in [6.07, 6.45) is 22.8. The van der Waals surface area contributed by atoms with Gasteiger partial charge in [0.15, 0.2) is 0 Å². The lowest BCUT2D eigenvalue weighted by atomic mass is 9.81. The van der Waals surface area contributed by atoms with Gasteiger partial charge in [-0.3, -0.25) is 0 Å². The van der Waals surface area contributed by atoms with Crippen LogP contribution in [0.25, 0.3) is 0 Å². The molecule has 1 unspecified atom stereocenters. The van der Waals surface area contributed by atoms with Crippen LogP contribution in [0.5, 0.6) is 11.5 Å². The van der Waals surface area contributed by atoms with Gasteiger partial charge in [-0.2, -0.15) is 0 Å². The molecule has 0 bridgehead atoms. The van der Waals surface area contributed by atoms with Crippen molar-refractivity contribution in [1.29, 1.82) is 0 Å². The van der Waals surface area contributed by atoms with Crippen molar-refractivity contribution in [3.63, 3.8) is 0 Å². The maximum Gasteiger partial charge on any atom is 0.127 e. The van der Waals surface area contributed by atoms with Crippen molar-refractivity contribution >= 4 is 0 Å². The zero-order chi connectivity index (χ0) is 23.5. The third-order valence-corrected chi connectivity index (χ3v) is 7.29. The van der Waals surface area contributed by atoms with Crippen molar-refractivity contribution in [3.05, 3.63) is 23.3 Å². The van der Waals surface area contributed by atoms with E-state index in [1.165, 1.54) is 95.5 Å². The Labute approximate surface area is 199 Å². The highest BCUT2D eigenvalue weighted by Crippen LogP contribution is 2.44. The van der Waals surface area contributed by atoms with E-state index in [-0.39, 0.29) is 11.0 Å². The summed E-state index contributed by atoms with van der Waals surface area (Å²) in [5.41, 5.74) is 2.21. The van der Waals surface area contributed by atoms with E-state index in [2.05, 4.69) is 34.6 Å². The number of phenolic OH excluding ortho intramolecular Hbond substituents is 1.